The molecule has 0 N–H and O–H groups in total. The summed E-state index contributed by atoms with van der Waals surface area (Å²) in [5, 5.41) is 0. The van der Waals surface area contributed by atoms with E-state index >= 15 is 0 Å². The standard InChI is InChI=1S/C50H42N4O4/c1-55-39-19-9-33(10-20-39)47-49(35-13-23-41(57-3)24-14-35)53-45-29-37(17-27-43(45)51-47)31-5-7-32(8-6-31)38-18-28-44-46(30-38)54-50(36-15-25-42(58-4)26-16-36)48(52-44)34-11-21-40(56-2)22-12-34/h5-16,19-26,29-30H,17-18,27-28H2,1-4H3. The Morgan fingerprint density at radius 1 is 0.310 bits per heavy atom. The number of ether oxygens (including phenoxy) is 4. The topological polar surface area (TPSA) is 88.5 Å². The first-order valence-corrected chi connectivity index (χ1v) is 19.4. The second-order valence-corrected chi connectivity index (χ2v) is 14.3. The lowest BCUT2D eigenvalue weighted by atomic mass is 9.89. The summed E-state index contributed by atoms with van der Waals surface area (Å²) in [5.74, 6) is 3.20. The number of hydrogen-bond acceptors (Lipinski definition) is 8. The van der Waals surface area contributed by atoms with Crippen LogP contribution in [-0.4, -0.2) is 48.4 Å². The SMILES string of the molecule is COc1ccc(-c2nc3c(nc2-c2ccc(OC)cc2)CCC(c2ccc(C4=Cc5nc(-c6ccc(OC)cc6)c(-c6ccc(OC)cc6)nc5CC4)cc2)=C3)cc1. The predicted molar refractivity (Wildman–Crippen MR) is 231 cm³/mol. The Hall–Kier alpha value is -7.06. The Bertz CT molecular complexity index is 2480. The fourth-order valence-electron chi connectivity index (χ4n) is 7.70. The highest BCUT2D eigenvalue weighted by atomic mass is 16.5. The maximum atomic E-state index is 5.44. The summed E-state index contributed by atoms with van der Waals surface area (Å²) >= 11 is 0. The van der Waals surface area contributed by atoms with Crippen molar-refractivity contribution in [1.82, 2.24) is 19.9 Å². The average Bonchev–Trinajstić information content (AvgIpc) is 3.30. The number of fused-ring (bicyclic) bond motifs is 2. The quantitative estimate of drug-likeness (QED) is 0.136. The highest BCUT2D eigenvalue weighted by molar-refractivity contribution is 5.89. The molecule has 7 aromatic rings. The molecule has 0 fully saturated rings. The average molecular weight is 763 g/mol. The summed E-state index contributed by atoms with van der Waals surface area (Å²) in [7, 11) is 6.70. The summed E-state index contributed by atoms with van der Waals surface area (Å²) < 4.78 is 21.7. The molecule has 2 aliphatic rings. The van der Waals surface area contributed by atoms with Crippen LogP contribution in [0.15, 0.2) is 121 Å². The van der Waals surface area contributed by atoms with Crippen LogP contribution in [0.5, 0.6) is 23.0 Å². The van der Waals surface area contributed by atoms with Gasteiger partial charge in [0.15, 0.2) is 0 Å². The van der Waals surface area contributed by atoms with E-state index in [9.17, 15) is 0 Å². The van der Waals surface area contributed by atoms with Gasteiger partial charge in [-0.1, -0.05) is 24.3 Å². The number of aromatic nitrogens is 4. The Morgan fingerprint density at radius 3 is 0.845 bits per heavy atom. The highest BCUT2D eigenvalue weighted by Crippen LogP contribution is 2.39. The van der Waals surface area contributed by atoms with Crippen LogP contribution in [0, 0.1) is 0 Å². The lowest BCUT2D eigenvalue weighted by Crippen LogP contribution is -2.08. The zero-order valence-electron chi connectivity index (χ0n) is 33.0. The van der Waals surface area contributed by atoms with Crippen LogP contribution in [0.3, 0.4) is 0 Å². The molecule has 2 heterocycles. The first kappa shape index (κ1) is 36.6. The van der Waals surface area contributed by atoms with Crippen molar-refractivity contribution in [1.29, 1.82) is 0 Å². The van der Waals surface area contributed by atoms with Crippen LogP contribution in [0.1, 0.15) is 46.7 Å². The number of nitrogens with zero attached hydrogens (tertiary/aromatic N) is 4. The monoisotopic (exact) mass is 762 g/mol. The number of aryl methyl sites for hydroxylation is 2. The fourth-order valence-corrected chi connectivity index (χ4v) is 7.70. The molecule has 58 heavy (non-hydrogen) atoms. The third kappa shape index (κ3) is 7.21. The molecule has 0 aliphatic heterocycles. The first-order valence-electron chi connectivity index (χ1n) is 19.4. The molecule has 0 atom stereocenters. The summed E-state index contributed by atoms with van der Waals surface area (Å²) in [5.41, 5.74) is 16.0. The predicted octanol–water partition coefficient (Wildman–Crippen LogP) is 10.9. The molecule has 0 unspecified atom stereocenters. The number of allylic oxidation sites excluding steroid dienone is 2. The van der Waals surface area contributed by atoms with Crippen LogP contribution >= 0.6 is 0 Å². The first-order chi connectivity index (χ1) is 28.5. The third-order valence-electron chi connectivity index (χ3n) is 11.0. The zero-order valence-corrected chi connectivity index (χ0v) is 33.0. The molecule has 286 valence electrons. The van der Waals surface area contributed by atoms with Gasteiger partial charge >= 0.3 is 0 Å². The smallest absolute Gasteiger partial charge is 0.118 e. The van der Waals surface area contributed by atoms with E-state index in [1.54, 1.807) is 28.4 Å². The van der Waals surface area contributed by atoms with E-state index in [4.69, 9.17) is 38.9 Å². The van der Waals surface area contributed by atoms with Crippen molar-refractivity contribution < 1.29 is 18.9 Å². The van der Waals surface area contributed by atoms with Crippen LogP contribution in [0.2, 0.25) is 0 Å². The normalized spacial score (nSPS) is 13.1. The molecule has 5 aromatic carbocycles. The number of rotatable bonds is 10. The van der Waals surface area contributed by atoms with E-state index < -0.39 is 0 Å². The van der Waals surface area contributed by atoms with Gasteiger partial charge in [-0.05, 0) is 157 Å². The second-order valence-electron chi connectivity index (χ2n) is 14.3. The maximum Gasteiger partial charge on any atom is 0.118 e. The van der Waals surface area contributed by atoms with Gasteiger partial charge in [-0.25, -0.2) is 19.9 Å². The van der Waals surface area contributed by atoms with Crippen LogP contribution in [-0.2, 0) is 12.8 Å². The van der Waals surface area contributed by atoms with Crippen LogP contribution in [0.4, 0.5) is 0 Å². The van der Waals surface area contributed by atoms with Gasteiger partial charge in [0.2, 0.25) is 0 Å². The van der Waals surface area contributed by atoms with Crippen LogP contribution in [0.25, 0.3) is 68.3 Å². The molecule has 0 radical (unpaired) electrons. The van der Waals surface area contributed by atoms with Crippen LogP contribution < -0.4 is 18.9 Å². The Morgan fingerprint density at radius 2 is 0.569 bits per heavy atom. The molecule has 2 aliphatic carbocycles. The van der Waals surface area contributed by atoms with Gasteiger partial charge < -0.3 is 18.9 Å². The van der Waals surface area contributed by atoms with E-state index in [2.05, 4.69) is 36.4 Å². The van der Waals surface area contributed by atoms with Gasteiger partial charge in [0.1, 0.15) is 23.0 Å². The number of benzene rings is 5. The Kier molecular flexibility index (Phi) is 9.98. The lowest BCUT2D eigenvalue weighted by Gasteiger charge is -2.20. The fraction of sp³-hybridized carbons (Fsp3) is 0.160. The highest BCUT2D eigenvalue weighted by Gasteiger charge is 2.23. The Balaban J connectivity index is 1.03. The third-order valence-corrected chi connectivity index (χ3v) is 11.0. The van der Waals surface area contributed by atoms with Gasteiger partial charge in [-0.2, -0.15) is 0 Å². The Labute approximate surface area is 338 Å². The minimum Gasteiger partial charge on any atom is -0.497 e. The van der Waals surface area contributed by atoms with E-state index in [-0.39, 0.29) is 0 Å². The van der Waals surface area contributed by atoms with Gasteiger partial charge in [0.25, 0.3) is 0 Å². The zero-order chi connectivity index (χ0) is 39.6. The summed E-state index contributed by atoms with van der Waals surface area (Å²) in [6, 6.07) is 40.9. The molecule has 8 nitrogen and oxygen atoms in total. The second kappa shape index (κ2) is 15.8. The summed E-state index contributed by atoms with van der Waals surface area (Å²) in [6.07, 6.45) is 7.77. The van der Waals surface area contributed by atoms with Crippen molar-refractivity contribution >= 4 is 23.3 Å². The van der Waals surface area contributed by atoms with Gasteiger partial charge in [-0.15, -0.1) is 0 Å². The number of hydrogen-bond donors (Lipinski definition) is 0. The van der Waals surface area contributed by atoms with Crippen molar-refractivity contribution in [2.75, 3.05) is 28.4 Å². The number of methoxy groups -OCH3 is 4. The van der Waals surface area contributed by atoms with Crippen molar-refractivity contribution in [3.05, 3.63) is 155 Å². The van der Waals surface area contributed by atoms with E-state index in [0.29, 0.717) is 0 Å². The van der Waals surface area contributed by atoms with Crippen molar-refractivity contribution in [3.8, 4) is 68.0 Å². The molecule has 0 bridgehead atoms. The van der Waals surface area contributed by atoms with Gasteiger partial charge in [-0.3, -0.25) is 0 Å². The van der Waals surface area contributed by atoms with Gasteiger partial charge in [0, 0.05) is 22.3 Å². The van der Waals surface area contributed by atoms with Crippen molar-refractivity contribution in [2.45, 2.75) is 25.7 Å². The molecule has 2 aromatic heterocycles. The minimum atomic E-state index is 0.796. The molecular weight excluding hydrogens is 721 g/mol. The molecular formula is C50H42N4O4. The minimum absolute atomic E-state index is 0.796. The van der Waals surface area contributed by atoms with Crippen molar-refractivity contribution in [2.24, 2.45) is 0 Å². The lowest BCUT2D eigenvalue weighted by molar-refractivity contribution is 0.414. The van der Waals surface area contributed by atoms with E-state index in [1.807, 2.05) is 97.1 Å². The largest absolute Gasteiger partial charge is 0.497 e. The maximum absolute atomic E-state index is 5.44. The van der Waals surface area contributed by atoms with Gasteiger partial charge in [0.05, 0.1) is 74.0 Å². The molecule has 0 saturated carbocycles. The molecule has 8 heteroatoms. The molecule has 0 amide bonds. The van der Waals surface area contributed by atoms with Crippen molar-refractivity contribution in [3.63, 3.8) is 0 Å². The summed E-state index contributed by atoms with van der Waals surface area (Å²) in [4.78, 5) is 21.0. The van der Waals surface area contributed by atoms with E-state index in [0.717, 1.165) is 116 Å². The molecule has 0 spiro atoms. The molecule has 0 saturated heterocycles. The molecule has 9 rings (SSSR count). The van der Waals surface area contributed by atoms with E-state index in [1.165, 1.54) is 22.3 Å². The summed E-state index contributed by atoms with van der Waals surface area (Å²) in [6.45, 7) is 0.